The van der Waals surface area contributed by atoms with Gasteiger partial charge in [0.25, 0.3) is 0 Å². The Bertz CT molecular complexity index is 301. The van der Waals surface area contributed by atoms with Crippen LogP contribution in [-0.2, 0) is 6.54 Å². The fourth-order valence-corrected chi connectivity index (χ4v) is 1.67. The molecule has 0 spiro atoms. The highest BCUT2D eigenvalue weighted by Crippen LogP contribution is 2.31. The second kappa shape index (κ2) is 3.67. The predicted octanol–water partition coefficient (Wildman–Crippen LogP) is 0.383. The van der Waals surface area contributed by atoms with Crippen LogP contribution < -0.4 is 5.32 Å². The maximum absolute atomic E-state index is 9.19. The molecule has 1 fully saturated rings. The Morgan fingerprint density at radius 2 is 2.36 bits per heavy atom. The Kier molecular flexibility index (Phi) is 2.52. The number of aliphatic hydroxyl groups excluding tert-OH is 1. The van der Waals surface area contributed by atoms with Crippen LogP contribution in [0, 0.1) is 6.92 Å². The molecule has 0 aromatic carbocycles. The largest absolute Gasteiger partial charge is 0.394 e. The molecule has 1 saturated carbocycles. The minimum Gasteiger partial charge on any atom is -0.394 e. The van der Waals surface area contributed by atoms with Gasteiger partial charge in [0, 0.05) is 12.5 Å². The van der Waals surface area contributed by atoms with Crippen molar-refractivity contribution in [3.8, 4) is 0 Å². The van der Waals surface area contributed by atoms with Crippen molar-refractivity contribution in [2.45, 2.75) is 38.3 Å². The standard InChI is InChI=1S/C9H15N3O2/c1-7-11-8(12-14-7)5-10-9(6-13)3-2-4-9/h10,13H,2-6H2,1H3. The second-order valence-electron chi connectivity index (χ2n) is 3.88. The maximum Gasteiger partial charge on any atom is 0.223 e. The van der Waals surface area contributed by atoms with Crippen molar-refractivity contribution in [2.24, 2.45) is 0 Å². The van der Waals surface area contributed by atoms with E-state index in [9.17, 15) is 5.11 Å². The Morgan fingerprint density at radius 3 is 2.79 bits per heavy atom. The average molecular weight is 197 g/mol. The Morgan fingerprint density at radius 1 is 1.57 bits per heavy atom. The molecule has 14 heavy (non-hydrogen) atoms. The Balaban J connectivity index is 1.87. The highest BCUT2D eigenvalue weighted by Gasteiger charge is 2.35. The zero-order valence-electron chi connectivity index (χ0n) is 8.29. The van der Waals surface area contributed by atoms with Gasteiger partial charge in [-0.2, -0.15) is 4.98 Å². The fourth-order valence-electron chi connectivity index (χ4n) is 1.67. The van der Waals surface area contributed by atoms with Crippen LogP contribution in [-0.4, -0.2) is 27.4 Å². The number of aryl methyl sites for hydroxylation is 1. The lowest BCUT2D eigenvalue weighted by Crippen LogP contribution is -2.53. The highest BCUT2D eigenvalue weighted by atomic mass is 16.5. The van der Waals surface area contributed by atoms with Crippen LogP contribution in [0.3, 0.4) is 0 Å². The van der Waals surface area contributed by atoms with Crippen molar-refractivity contribution in [3.63, 3.8) is 0 Å². The third-order valence-corrected chi connectivity index (χ3v) is 2.80. The lowest BCUT2D eigenvalue weighted by Gasteiger charge is -2.40. The van der Waals surface area contributed by atoms with Gasteiger partial charge in [0.05, 0.1) is 13.2 Å². The molecule has 2 N–H and O–H groups in total. The van der Waals surface area contributed by atoms with Crippen LogP contribution >= 0.6 is 0 Å². The molecule has 0 atom stereocenters. The van der Waals surface area contributed by atoms with Gasteiger partial charge in [-0.3, -0.25) is 0 Å². The number of hydrogen-bond acceptors (Lipinski definition) is 5. The van der Waals surface area contributed by atoms with Gasteiger partial charge in [0.2, 0.25) is 5.89 Å². The fraction of sp³-hybridized carbons (Fsp3) is 0.778. The second-order valence-corrected chi connectivity index (χ2v) is 3.88. The summed E-state index contributed by atoms with van der Waals surface area (Å²) in [5.74, 6) is 1.23. The topological polar surface area (TPSA) is 71.2 Å². The summed E-state index contributed by atoms with van der Waals surface area (Å²) in [5.41, 5.74) is -0.0888. The van der Waals surface area contributed by atoms with Crippen molar-refractivity contribution in [2.75, 3.05) is 6.61 Å². The van der Waals surface area contributed by atoms with Gasteiger partial charge in [-0.25, -0.2) is 0 Å². The summed E-state index contributed by atoms with van der Waals surface area (Å²) < 4.78 is 4.85. The molecule has 1 aliphatic rings. The SMILES string of the molecule is Cc1nc(CNC2(CO)CCC2)no1. The summed E-state index contributed by atoms with van der Waals surface area (Å²) in [5, 5.41) is 16.3. The normalized spacial score (nSPS) is 19.3. The van der Waals surface area contributed by atoms with E-state index in [0.717, 1.165) is 12.8 Å². The molecule has 0 aliphatic heterocycles. The molecular weight excluding hydrogens is 182 g/mol. The van der Waals surface area contributed by atoms with E-state index in [1.165, 1.54) is 6.42 Å². The highest BCUT2D eigenvalue weighted by molar-refractivity contribution is 4.97. The molecule has 0 amide bonds. The number of nitrogens with one attached hydrogen (secondary N) is 1. The van der Waals surface area contributed by atoms with Gasteiger partial charge in [-0.1, -0.05) is 5.16 Å². The average Bonchev–Trinajstić information content (AvgIpc) is 2.50. The third-order valence-electron chi connectivity index (χ3n) is 2.80. The third kappa shape index (κ3) is 1.78. The molecule has 1 aromatic heterocycles. The molecule has 1 aliphatic carbocycles. The first-order valence-corrected chi connectivity index (χ1v) is 4.89. The first-order chi connectivity index (χ1) is 6.74. The molecule has 5 nitrogen and oxygen atoms in total. The smallest absolute Gasteiger partial charge is 0.223 e. The van der Waals surface area contributed by atoms with Crippen LogP contribution in [0.15, 0.2) is 4.52 Å². The van der Waals surface area contributed by atoms with Crippen molar-refractivity contribution < 1.29 is 9.63 Å². The van der Waals surface area contributed by atoms with Gasteiger partial charge in [-0.15, -0.1) is 0 Å². The predicted molar refractivity (Wildman–Crippen MR) is 49.5 cm³/mol. The molecular formula is C9H15N3O2. The van der Waals surface area contributed by atoms with E-state index in [0.29, 0.717) is 18.3 Å². The molecule has 0 radical (unpaired) electrons. The van der Waals surface area contributed by atoms with Crippen molar-refractivity contribution in [1.82, 2.24) is 15.5 Å². The van der Waals surface area contributed by atoms with E-state index >= 15 is 0 Å². The van der Waals surface area contributed by atoms with Crippen LogP contribution in [0.1, 0.15) is 31.0 Å². The summed E-state index contributed by atoms with van der Waals surface area (Å²) in [6.45, 7) is 2.52. The Hall–Kier alpha value is -0.940. The number of hydrogen-bond donors (Lipinski definition) is 2. The maximum atomic E-state index is 9.19. The quantitative estimate of drug-likeness (QED) is 0.730. The van der Waals surface area contributed by atoms with E-state index < -0.39 is 0 Å². The summed E-state index contributed by atoms with van der Waals surface area (Å²) in [6.07, 6.45) is 3.24. The lowest BCUT2D eigenvalue weighted by molar-refractivity contribution is 0.0862. The van der Waals surface area contributed by atoms with Gasteiger partial charge in [0.1, 0.15) is 0 Å². The number of aliphatic hydroxyl groups is 1. The monoisotopic (exact) mass is 197 g/mol. The van der Waals surface area contributed by atoms with E-state index in [-0.39, 0.29) is 12.1 Å². The number of nitrogens with zero attached hydrogens (tertiary/aromatic N) is 2. The van der Waals surface area contributed by atoms with Crippen molar-refractivity contribution in [3.05, 3.63) is 11.7 Å². The minimum absolute atomic E-state index is 0.0888. The van der Waals surface area contributed by atoms with Gasteiger partial charge < -0.3 is 14.9 Å². The number of rotatable bonds is 4. The molecule has 0 saturated heterocycles. The molecule has 5 heteroatoms. The molecule has 0 unspecified atom stereocenters. The molecule has 78 valence electrons. The summed E-state index contributed by atoms with van der Waals surface area (Å²) in [7, 11) is 0. The van der Waals surface area contributed by atoms with Crippen LogP contribution in [0.25, 0.3) is 0 Å². The van der Waals surface area contributed by atoms with Gasteiger partial charge in [-0.05, 0) is 19.3 Å². The molecule has 1 aromatic rings. The van der Waals surface area contributed by atoms with Crippen molar-refractivity contribution >= 4 is 0 Å². The van der Waals surface area contributed by atoms with Gasteiger partial charge in [0.15, 0.2) is 5.82 Å². The molecule has 0 bridgehead atoms. The molecule has 1 heterocycles. The van der Waals surface area contributed by atoms with E-state index in [2.05, 4.69) is 15.5 Å². The first-order valence-electron chi connectivity index (χ1n) is 4.89. The summed E-state index contributed by atoms with van der Waals surface area (Å²) in [4.78, 5) is 4.08. The van der Waals surface area contributed by atoms with Gasteiger partial charge >= 0.3 is 0 Å². The minimum atomic E-state index is -0.0888. The van der Waals surface area contributed by atoms with Crippen LogP contribution in [0.4, 0.5) is 0 Å². The zero-order chi connectivity index (χ0) is 10.0. The first kappa shape index (κ1) is 9.61. The summed E-state index contributed by atoms with van der Waals surface area (Å²) >= 11 is 0. The van der Waals surface area contributed by atoms with Crippen LogP contribution in [0.2, 0.25) is 0 Å². The number of aromatic nitrogens is 2. The van der Waals surface area contributed by atoms with Crippen molar-refractivity contribution in [1.29, 1.82) is 0 Å². The lowest BCUT2D eigenvalue weighted by atomic mass is 9.77. The van der Waals surface area contributed by atoms with E-state index in [1.54, 1.807) is 6.92 Å². The van der Waals surface area contributed by atoms with E-state index in [4.69, 9.17) is 4.52 Å². The Labute approximate surface area is 82.5 Å². The molecule has 2 rings (SSSR count). The van der Waals surface area contributed by atoms with Crippen LogP contribution in [0.5, 0.6) is 0 Å². The van der Waals surface area contributed by atoms with E-state index in [1.807, 2.05) is 0 Å². The zero-order valence-corrected chi connectivity index (χ0v) is 8.29. The summed E-state index contributed by atoms with van der Waals surface area (Å²) in [6, 6.07) is 0.